The van der Waals surface area contributed by atoms with E-state index in [1.165, 1.54) is 12.7 Å². The van der Waals surface area contributed by atoms with Crippen LogP contribution in [0.5, 0.6) is 0 Å². The number of carbonyl (C=O) groups excluding carboxylic acids is 1. The molecule has 19 heavy (non-hydrogen) atoms. The predicted molar refractivity (Wildman–Crippen MR) is 77.4 cm³/mol. The van der Waals surface area contributed by atoms with Crippen LogP contribution in [-0.2, 0) is 16.1 Å². The zero-order chi connectivity index (χ0) is 12.8. The Morgan fingerprint density at radius 1 is 1.42 bits per heavy atom. The number of hydrogen-bond acceptors (Lipinski definition) is 4. The molecule has 0 spiro atoms. The summed E-state index contributed by atoms with van der Waals surface area (Å²) in [5, 5.41) is 3.36. The van der Waals surface area contributed by atoms with Gasteiger partial charge in [0.1, 0.15) is 0 Å². The first-order valence-corrected chi connectivity index (χ1v) is 6.34. The van der Waals surface area contributed by atoms with Gasteiger partial charge in [0.15, 0.2) is 0 Å². The van der Waals surface area contributed by atoms with E-state index in [1.54, 1.807) is 0 Å². The van der Waals surface area contributed by atoms with Crippen LogP contribution in [0.2, 0.25) is 0 Å². The third-order valence-electron chi connectivity index (χ3n) is 3.23. The third-order valence-corrected chi connectivity index (χ3v) is 3.23. The van der Waals surface area contributed by atoms with Crippen LogP contribution in [0.4, 0.5) is 0 Å². The number of esters is 1. The highest BCUT2D eigenvalue weighted by Crippen LogP contribution is 2.09. The maximum atomic E-state index is 11.3. The van der Waals surface area contributed by atoms with Crippen LogP contribution in [0.25, 0.3) is 0 Å². The topological polar surface area (TPSA) is 41.6 Å². The lowest BCUT2D eigenvalue weighted by Crippen LogP contribution is -2.51. The lowest BCUT2D eigenvalue weighted by Gasteiger charge is -2.33. The Hall–Kier alpha value is -1.10. The highest BCUT2D eigenvalue weighted by molar-refractivity contribution is 5.85. The van der Waals surface area contributed by atoms with Crippen LogP contribution < -0.4 is 5.32 Å². The normalized spacial score (nSPS) is 19.5. The summed E-state index contributed by atoms with van der Waals surface area (Å²) < 4.78 is 4.71. The Labute approximate surface area is 120 Å². The lowest BCUT2D eigenvalue weighted by molar-refractivity contribution is -0.141. The molecule has 1 N–H and O–H groups in total. The molecule has 0 unspecified atom stereocenters. The summed E-state index contributed by atoms with van der Waals surface area (Å²) in [5.74, 6) is -0.144. The summed E-state index contributed by atoms with van der Waals surface area (Å²) in [5.41, 5.74) is 1.32. The first-order valence-electron chi connectivity index (χ1n) is 6.34. The van der Waals surface area contributed by atoms with E-state index in [0.29, 0.717) is 6.42 Å². The van der Waals surface area contributed by atoms with E-state index in [0.717, 1.165) is 26.2 Å². The van der Waals surface area contributed by atoms with Gasteiger partial charge >= 0.3 is 5.97 Å². The van der Waals surface area contributed by atoms with Gasteiger partial charge in [0.25, 0.3) is 0 Å². The summed E-state index contributed by atoms with van der Waals surface area (Å²) >= 11 is 0. The molecule has 4 nitrogen and oxygen atoms in total. The van der Waals surface area contributed by atoms with E-state index in [4.69, 9.17) is 4.74 Å². The minimum atomic E-state index is -0.144. The minimum absolute atomic E-state index is 0. The van der Waals surface area contributed by atoms with E-state index in [-0.39, 0.29) is 24.4 Å². The number of piperazine rings is 1. The molecule has 1 aliphatic heterocycles. The largest absolute Gasteiger partial charge is 0.469 e. The van der Waals surface area contributed by atoms with E-state index in [1.807, 2.05) is 6.07 Å². The number of rotatable bonds is 4. The monoisotopic (exact) mass is 284 g/mol. The van der Waals surface area contributed by atoms with Crippen molar-refractivity contribution in [1.82, 2.24) is 10.2 Å². The number of nitrogens with zero attached hydrogens (tertiary/aromatic N) is 1. The van der Waals surface area contributed by atoms with Gasteiger partial charge in [-0.25, -0.2) is 0 Å². The molecule has 0 radical (unpaired) electrons. The average Bonchev–Trinajstić information content (AvgIpc) is 2.40. The molecular weight excluding hydrogens is 264 g/mol. The number of nitrogens with one attached hydrogen (secondary N) is 1. The van der Waals surface area contributed by atoms with Crippen LogP contribution >= 0.6 is 12.4 Å². The molecule has 1 aromatic rings. The highest BCUT2D eigenvalue weighted by atomic mass is 35.5. The van der Waals surface area contributed by atoms with Gasteiger partial charge in [-0.3, -0.25) is 9.69 Å². The second-order valence-electron chi connectivity index (χ2n) is 4.65. The van der Waals surface area contributed by atoms with Crippen molar-refractivity contribution in [2.75, 3.05) is 26.7 Å². The fourth-order valence-electron chi connectivity index (χ4n) is 2.30. The zero-order valence-corrected chi connectivity index (χ0v) is 12.0. The Kier molecular flexibility index (Phi) is 6.84. The molecule has 0 aromatic heterocycles. The van der Waals surface area contributed by atoms with Crippen molar-refractivity contribution in [3.05, 3.63) is 35.9 Å². The smallest absolute Gasteiger partial charge is 0.307 e. The van der Waals surface area contributed by atoms with Crippen LogP contribution in [-0.4, -0.2) is 43.7 Å². The number of hydrogen-bond donors (Lipinski definition) is 1. The third kappa shape index (κ3) is 5.19. The van der Waals surface area contributed by atoms with E-state index in [2.05, 4.69) is 34.5 Å². The summed E-state index contributed by atoms with van der Waals surface area (Å²) in [6.45, 7) is 3.78. The van der Waals surface area contributed by atoms with Gasteiger partial charge in [-0.1, -0.05) is 30.3 Å². The minimum Gasteiger partial charge on any atom is -0.469 e. The Bertz CT molecular complexity index is 386. The number of benzene rings is 1. The molecule has 1 heterocycles. The van der Waals surface area contributed by atoms with Gasteiger partial charge in [0.05, 0.1) is 13.5 Å². The Morgan fingerprint density at radius 2 is 2.16 bits per heavy atom. The first-order chi connectivity index (χ1) is 8.78. The number of carbonyl (C=O) groups is 1. The number of halogens is 1. The molecule has 2 rings (SSSR count). The van der Waals surface area contributed by atoms with Gasteiger partial charge < -0.3 is 10.1 Å². The summed E-state index contributed by atoms with van der Waals surface area (Å²) in [4.78, 5) is 13.6. The van der Waals surface area contributed by atoms with Crippen LogP contribution in [0.1, 0.15) is 12.0 Å². The first kappa shape index (κ1) is 16.0. The maximum Gasteiger partial charge on any atom is 0.307 e. The van der Waals surface area contributed by atoms with Crippen molar-refractivity contribution in [2.24, 2.45) is 0 Å². The lowest BCUT2D eigenvalue weighted by atomic mass is 10.1. The van der Waals surface area contributed by atoms with E-state index >= 15 is 0 Å². The second kappa shape index (κ2) is 8.15. The maximum absolute atomic E-state index is 11.3. The molecule has 1 fully saturated rings. The fraction of sp³-hybridized carbons (Fsp3) is 0.500. The zero-order valence-electron chi connectivity index (χ0n) is 11.2. The van der Waals surface area contributed by atoms with Crippen molar-refractivity contribution < 1.29 is 9.53 Å². The van der Waals surface area contributed by atoms with Gasteiger partial charge in [-0.05, 0) is 5.56 Å². The Balaban J connectivity index is 0.00000180. The number of ether oxygens (including phenoxy) is 1. The molecule has 1 aromatic carbocycles. The van der Waals surface area contributed by atoms with Gasteiger partial charge in [0, 0.05) is 32.2 Å². The van der Waals surface area contributed by atoms with E-state index in [9.17, 15) is 4.79 Å². The summed E-state index contributed by atoms with van der Waals surface area (Å²) in [6, 6.07) is 10.6. The quantitative estimate of drug-likeness (QED) is 0.850. The second-order valence-corrected chi connectivity index (χ2v) is 4.65. The van der Waals surface area contributed by atoms with Gasteiger partial charge in [-0.15, -0.1) is 12.4 Å². The molecule has 0 aliphatic carbocycles. The van der Waals surface area contributed by atoms with E-state index < -0.39 is 0 Å². The SMILES string of the molecule is COC(=O)C[C@H]1CN(Cc2ccccc2)CCN1.Cl. The van der Waals surface area contributed by atoms with Crippen molar-refractivity contribution in [3.63, 3.8) is 0 Å². The highest BCUT2D eigenvalue weighted by Gasteiger charge is 2.21. The molecule has 106 valence electrons. The molecule has 1 atom stereocenters. The molecule has 1 aliphatic rings. The van der Waals surface area contributed by atoms with Crippen molar-refractivity contribution >= 4 is 18.4 Å². The number of methoxy groups -OCH3 is 1. The van der Waals surface area contributed by atoms with Crippen LogP contribution in [0, 0.1) is 0 Å². The summed E-state index contributed by atoms with van der Waals surface area (Å²) in [7, 11) is 1.44. The molecular formula is C14H21ClN2O2. The van der Waals surface area contributed by atoms with Crippen molar-refractivity contribution in [3.8, 4) is 0 Å². The van der Waals surface area contributed by atoms with Gasteiger partial charge in [-0.2, -0.15) is 0 Å². The average molecular weight is 285 g/mol. The van der Waals surface area contributed by atoms with Crippen molar-refractivity contribution in [2.45, 2.75) is 19.0 Å². The van der Waals surface area contributed by atoms with Gasteiger partial charge in [0.2, 0.25) is 0 Å². The molecule has 0 saturated carbocycles. The van der Waals surface area contributed by atoms with Crippen molar-refractivity contribution in [1.29, 1.82) is 0 Å². The molecule has 0 bridgehead atoms. The molecule has 5 heteroatoms. The predicted octanol–water partition coefficient (Wildman–Crippen LogP) is 1.45. The fourth-order valence-corrected chi connectivity index (χ4v) is 2.30. The Morgan fingerprint density at radius 3 is 2.84 bits per heavy atom. The summed E-state index contributed by atoms with van der Waals surface area (Å²) in [6.07, 6.45) is 0.446. The van der Waals surface area contributed by atoms with Crippen LogP contribution in [0.3, 0.4) is 0 Å². The molecule has 1 saturated heterocycles. The standard InChI is InChI=1S/C14H20N2O2.ClH/c1-18-14(17)9-13-11-16(8-7-15-13)10-12-5-3-2-4-6-12;/h2-6,13,15H,7-11H2,1H3;1H/t13-;/m0./s1. The van der Waals surface area contributed by atoms with Crippen LogP contribution in [0.15, 0.2) is 30.3 Å². The molecule has 0 amide bonds.